The smallest absolute Gasteiger partial charge is 0.251 e. The van der Waals surface area contributed by atoms with Crippen molar-refractivity contribution < 1.29 is 19.0 Å². The van der Waals surface area contributed by atoms with Gasteiger partial charge in [-0.2, -0.15) is 0 Å². The molecule has 0 aliphatic heterocycles. The second-order valence-electron chi connectivity index (χ2n) is 6.70. The molecule has 3 aromatic rings. The molecule has 0 aromatic heterocycles. The van der Waals surface area contributed by atoms with Crippen LogP contribution in [0, 0.1) is 11.2 Å². The maximum atomic E-state index is 14.3. The van der Waals surface area contributed by atoms with Gasteiger partial charge in [0.25, 0.3) is 5.91 Å². The number of aliphatic hydroxyl groups is 1. The predicted octanol–water partition coefficient (Wildman–Crippen LogP) is 3.54. The third-order valence-corrected chi connectivity index (χ3v) is 4.72. The highest BCUT2D eigenvalue weighted by atomic mass is 19.1. The van der Waals surface area contributed by atoms with Gasteiger partial charge in [-0.3, -0.25) is 4.79 Å². The number of nitrogen functional groups attached to an aromatic ring is 1. The lowest BCUT2D eigenvalue weighted by atomic mass is 9.99. The van der Waals surface area contributed by atoms with Gasteiger partial charge in [-0.25, -0.2) is 4.39 Å². The van der Waals surface area contributed by atoms with Crippen LogP contribution in [0.1, 0.15) is 27.5 Å². The molecule has 3 rings (SSSR count). The van der Waals surface area contributed by atoms with E-state index in [4.69, 9.17) is 15.9 Å². The maximum absolute atomic E-state index is 14.3. The Balaban J connectivity index is 1.89. The summed E-state index contributed by atoms with van der Waals surface area (Å²) in [7, 11) is 1.53. The number of methoxy groups -OCH3 is 1. The lowest BCUT2D eigenvalue weighted by Crippen LogP contribution is -2.30. The predicted molar refractivity (Wildman–Crippen MR) is 114 cm³/mol. The summed E-state index contributed by atoms with van der Waals surface area (Å²) in [5, 5.41) is 19.9. The molecular weight excluding hydrogens is 385 g/mol. The molecule has 0 radical (unpaired) electrons. The van der Waals surface area contributed by atoms with Gasteiger partial charge >= 0.3 is 0 Å². The Morgan fingerprint density at radius 1 is 1.20 bits per heavy atom. The Morgan fingerprint density at radius 3 is 2.70 bits per heavy atom. The summed E-state index contributed by atoms with van der Waals surface area (Å²) in [4.78, 5) is 12.8. The van der Waals surface area contributed by atoms with Gasteiger partial charge in [0.15, 0.2) is 0 Å². The number of benzene rings is 3. The summed E-state index contributed by atoms with van der Waals surface area (Å²) in [6.07, 6.45) is 1.12. The van der Waals surface area contributed by atoms with Crippen LogP contribution in [0.5, 0.6) is 5.75 Å². The molecule has 5 N–H and O–H groups in total. The van der Waals surface area contributed by atoms with E-state index in [1.807, 2.05) is 0 Å². The second kappa shape index (κ2) is 9.19. The summed E-state index contributed by atoms with van der Waals surface area (Å²) in [5.74, 6) is -0.508. The van der Waals surface area contributed by atoms with Crippen molar-refractivity contribution in [2.45, 2.75) is 6.04 Å². The normalized spacial score (nSPS) is 11.6. The van der Waals surface area contributed by atoms with Gasteiger partial charge in [-0.05, 0) is 59.2 Å². The van der Waals surface area contributed by atoms with Gasteiger partial charge in [-0.15, -0.1) is 0 Å². The van der Waals surface area contributed by atoms with Crippen LogP contribution < -0.4 is 15.8 Å². The standard InChI is InChI=1S/C23H22FN3O3/c1-30-20-4-2-3-15(11-20)22(13-28)27-23(29)17-8-16(9-19(24)10-17)14-5-6-21(26)18(7-14)12-25/h2-12,22,25,28H,13,26H2,1H3,(H,27,29). The van der Waals surface area contributed by atoms with Gasteiger partial charge in [0.2, 0.25) is 0 Å². The van der Waals surface area contributed by atoms with E-state index in [9.17, 15) is 14.3 Å². The van der Waals surface area contributed by atoms with Crippen molar-refractivity contribution in [1.29, 1.82) is 5.41 Å². The average molecular weight is 407 g/mol. The highest BCUT2D eigenvalue weighted by Gasteiger charge is 2.17. The summed E-state index contributed by atoms with van der Waals surface area (Å²) in [6.45, 7) is -0.332. The van der Waals surface area contributed by atoms with Crippen LogP contribution >= 0.6 is 0 Å². The highest BCUT2D eigenvalue weighted by Crippen LogP contribution is 2.26. The molecule has 1 unspecified atom stereocenters. The van der Waals surface area contributed by atoms with E-state index in [-0.39, 0.29) is 12.2 Å². The van der Waals surface area contributed by atoms with Crippen LogP contribution in [0.15, 0.2) is 60.7 Å². The Kier molecular flexibility index (Phi) is 6.44. The van der Waals surface area contributed by atoms with Gasteiger partial charge in [0.1, 0.15) is 11.6 Å². The number of nitrogens with one attached hydrogen (secondary N) is 2. The van der Waals surface area contributed by atoms with Crippen molar-refractivity contribution in [3.63, 3.8) is 0 Å². The number of nitrogens with two attached hydrogens (primary N) is 1. The lowest BCUT2D eigenvalue weighted by Gasteiger charge is -2.18. The number of rotatable bonds is 7. The van der Waals surface area contributed by atoms with E-state index in [2.05, 4.69) is 5.32 Å². The second-order valence-corrected chi connectivity index (χ2v) is 6.70. The third-order valence-electron chi connectivity index (χ3n) is 4.72. The number of hydrogen-bond acceptors (Lipinski definition) is 5. The molecule has 0 heterocycles. The molecule has 0 fully saturated rings. The number of ether oxygens (including phenoxy) is 1. The van der Waals surface area contributed by atoms with Crippen molar-refractivity contribution in [3.8, 4) is 16.9 Å². The van der Waals surface area contributed by atoms with Gasteiger partial charge < -0.3 is 26.3 Å². The number of amides is 1. The van der Waals surface area contributed by atoms with Crippen molar-refractivity contribution in [1.82, 2.24) is 5.32 Å². The average Bonchev–Trinajstić information content (AvgIpc) is 2.77. The Labute approximate surface area is 173 Å². The first kappa shape index (κ1) is 21.0. The summed E-state index contributed by atoms with van der Waals surface area (Å²) in [6, 6.07) is 15.3. The first-order valence-corrected chi connectivity index (χ1v) is 9.21. The monoisotopic (exact) mass is 407 g/mol. The number of hydrogen-bond donors (Lipinski definition) is 4. The molecule has 6 nitrogen and oxygen atoms in total. The van der Waals surface area contributed by atoms with E-state index in [0.29, 0.717) is 33.7 Å². The fourth-order valence-electron chi connectivity index (χ4n) is 3.10. The minimum absolute atomic E-state index is 0.111. The molecule has 1 atom stereocenters. The van der Waals surface area contributed by atoms with Crippen LogP contribution in [-0.4, -0.2) is 30.9 Å². The van der Waals surface area contributed by atoms with Crippen molar-refractivity contribution in [2.75, 3.05) is 19.5 Å². The van der Waals surface area contributed by atoms with Crippen LogP contribution in [0.25, 0.3) is 11.1 Å². The molecule has 30 heavy (non-hydrogen) atoms. The highest BCUT2D eigenvalue weighted by molar-refractivity contribution is 5.96. The summed E-state index contributed by atoms with van der Waals surface area (Å²) < 4.78 is 19.4. The van der Waals surface area contributed by atoms with Crippen LogP contribution in [0.3, 0.4) is 0 Å². The zero-order chi connectivity index (χ0) is 21.7. The number of carbonyl (C=O) groups is 1. The fraction of sp³-hybridized carbons (Fsp3) is 0.130. The Morgan fingerprint density at radius 2 is 2.00 bits per heavy atom. The van der Waals surface area contributed by atoms with Gasteiger partial charge in [0.05, 0.1) is 19.8 Å². The first-order valence-electron chi connectivity index (χ1n) is 9.21. The van der Waals surface area contributed by atoms with E-state index >= 15 is 0 Å². The first-order chi connectivity index (χ1) is 14.4. The topological polar surface area (TPSA) is 108 Å². The zero-order valence-corrected chi connectivity index (χ0v) is 16.4. The Bertz CT molecular complexity index is 1090. The van der Waals surface area contributed by atoms with Crippen LogP contribution in [0.2, 0.25) is 0 Å². The molecule has 0 bridgehead atoms. The zero-order valence-electron chi connectivity index (χ0n) is 16.4. The number of anilines is 1. The van der Waals surface area contributed by atoms with Gasteiger partial charge in [0, 0.05) is 23.0 Å². The molecule has 0 aliphatic rings. The quantitative estimate of drug-likeness (QED) is 0.355. The minimum atomic E-state index is -0.680. The fourth-order valence-corrected chi connectivity index (χ4v) is 3.10. The molecule has 1 amide bonds. The maximum Gasteiger partial charge on any atom is 0.251 e. The third kappa shape index (κ3) is 4.64. The Hall–Kier alpha value is -3.71. The molecule has 3 aromatic carbocycles. The van der Waals surface area contributed by atoms with E-state index in [0.717, 1.165) is 12.3 Å². The summed E-state index contributed by atoms with van der Waals surface area (Å²) in [5.41, 5.74) is 8.63. The van der Waals surface area contributed by atoms with Crippen LogP contribution in [-0.2, 0) is 0 Å². The minimum Gasteiger partial charge on any atom is -0.497 e. The van der Waals surface area contributed by atoms with E-state index in [1.165, 1.54) is 13.2 Å². The summed E-state index contributed by atoms with van der Waals surface area (Å²) >= 11 is 0. The lowest BCUT2D eigenvalue weighted by molar-refractivity contribution is 0.0915. The number of halogens is 1. The van der Waals surface area contributed by atoms with Crippen molar-refractivity contribution in [2.24, 2.45) is 0 Å². The van der Waals surface area contributed by atoms with E-state index in [1.54, 1.807) is 48.5 Å². The van der Waals surface area contributed by atoms with Crippen LogP contribution in [0.4, 0.5) is 10.1 Å². The van der Waals surface area contributed by atoms with Gasteiger partial charge in [-0.1, -0.05) is 18.2 Å². The molecule has 0 saturated carbocycles. The number of carbonyl (C=O) groups excluding carboxylic acids is 1. The van der Waals surface area contributed by atoms with Crippen molar-refractivity contribution in [3.05, 3.63) is 83.2 Å². The SMILES string of the molecule is COc1cccc(C(CO)NC(=O)c2cc(F)cc(-c3ccc(N)c(C=N)c3)c2)c1. The molecular formula is C23H22FN3O3. The molecule has 0 spiro atoms. The number of aliphatic hydroxyl groups excluding tert-OH is 1. The molecule has 0 saturated heterocycles. The largest absolute Gasteiger partial charge is 0.497 e. The molecule has 154 valence electrons. The molecule has 7 heteroatoms. The molecule has 0 aliphatic carbocycles. The van der Waals surface area contributed by atoms with Crippen molar-refractivity contribution >= 4 is 17.8 Å². The van der Waals surface area contributed by atoms with E-state index < -0.39 is 17.8 Å².